The predicted molar refractivity (Wildman–Crippen MR) is 122 cm³/mol. The van der Waals surface area contributed by atoms with Crippen molar-refractivity contribution in [1.29, 1.82) is 0 Å². The first kappa shape index (κ1) is 24.2. The zero-order valence-corrected chi connectivity index (χ0v) is 19.5. The molecule has 29 heavy (non-hydrogen) atoms. The van der Waals surface area contributed by atoms with Gasteiger partial charge in [0.1, 0.15) is 5.75 Å². The van der Waals surface area contributed by atoms with Crippen LogP contribution in [0.15, 0.2) is 18.2 Å². The molecule has 1 amide bonds. The Morgan fingerprint density at radius 2 is 2.10 bits per heavy atom. The molecule has 162 valence electrons. The maximum atomic E-state index is 12.2. The Bertz CT molecular complexity index is 668. The van der Waals surface area contributed by atoms with Crippen molar-refractivity contribution in [1.82, 2.24) is 4.90 Å². The molecule has 1 aromatic rings. The molecule has 1 aromatic carbocycles. The quantitative estimate of drug-likeness (QED) is 0.249. The first-order chi connectivity index (χ1) is 14.0. The number of rotatable bonds is 12. The van der Waals surface area contributed by atoms with E-state index >= 15 is 0 Å². The smallest absolute Gasteiger partial charge is 0.309 e. The van der Waals surface area contributed by atoms with Crippen LogP contribution < -0.4 is 4.74 Å². The van der Waals surface area contributed by atoms with Crippen LogP contribution in [0.2, 0.25) is 5.02 Å². The fourth-order valence-electron chi connectivity index (χ4n) is 3.02. The molecule has 0 spiro atoms. The molecule has 0 radical (unpaired) electrons. The van der Waals surface area contributed by atoms with E-state index in [2.05, 4.69) is 4.74 Å². The molecule has 1 unspecified atom stereocenters. The zero-order chi connectivity index (χ0) is 21.1. The van der Waals surface area contributed by atoms with Gasteiger partial charge in [-0.3, -0.25) is 9.59 Å². The fraction of sp³-hybridized carbons (Fsp3) is 0.619. The maximum absolute atomic E-state index is 12.2. The van der Waals surface area contributed by atoms with Gasteiger partial charge >= 0.3 is 5.97 Å². The van der Waals surface area contributed by atoms with Crippen LogP contribution in [0.3, 0.4) is 0 Å². The third-order valence-corrected chi connectivity index (χ3v) is 8.09. The molecule has 1 atom stereocenters. The first-order valence-corrected chi connectivity index (χ1v) is 12.8. The Labute approximate surface area is 186 Å². The molecule has 8 heteroatoms. The summed E-state index contributed by atoms with van der Waals surface area (Å²) in [4.78, 5) is 25.3. The molecule has 1 aliphatic rings. The summed E-state index contributed by atoms with van der Waals surface area (Å²) in [5, 5.41) is 1.25. The first-order valence-electron chi connectivity index (χ1n) is 10.00. The molecular weight excluding hydrogens is 430 g/mol. The van der Waals surface area contributed by atoms with Gasteiger partial charge in [0.25, 0.3) is 0 Å². The lowest BCUT2D eigenvalue weighted by molar-refractivity contribution is -0.139. The monoisotopic (exact) mass is 459 g/mol. The van der Waals surface area contributed by atoms with Crippen molar-refractivity contribution in [3.05, 3.63) is 28.8 Å². The average molecular weight is 460 g/mol. The molecular formula is C21H30ClNO4S2. The minimum absolute atomic E-state index is 0.182. The van der Waals surface area contributed by atoms with Gasteiger partial charge in [0.2, 0.25) is 5.91 Å². The molecule has 0 aromatic heterocycles. The molecule has 5 nitrogen and oxygen atoms in total. The summed E-state index contributed by atoms with van der Waals surface area (Å²) >= 11 is 6.22. The number of halogens is 1. The summed E-state index contributed by atoms with van der Waals surface area (Å²) in [5.74, 6) is 1.74. The second kappa shape index (κ2) is 13.3. The number of carbonyl (C=O) groups excluding carboxylic acids is 2. The number of nitrogens with zero attached hydrogens (tertiary/aromatic N) is 1. The third kappa shape index (κ3) is 9.09. The van der Waals surface area contributed by atoms with Crippen LogP contribution in [0.5, 0.6) is 5.75 Å². The molecule has 0 N–H and O–H groups in total. The highest BCUT2D eigenvalue weighted by Gasteiger charge is 2.16. The molecule has 0 bridgehead atoms. The van der Waals surface area contributed by atoms with E-state index in [1.807, 2.05) is 28.6 Å². The van der Waals surface area contributed by atoms with E-state index in [-0.39, 0.29) is 18.3 Å². The predicted octanol–water partition coefficient (Wildman–Crippen LogP) is 5.00. The highest BCUT2D eigenvalue weighted by molar-refractivity contribution is 8.77. The van der Waals surface area contributed by atoms with Gasteiger partial charge in [0.05, 0.1) is 25.2 Å². The van der Waals surface area contributed by atoms with Crippen LogP contribution in [0.25, 0.3) is 0 Å². The number of ether oxygens (including phenoxy) is 2. The van der Waals surface area contributed by atoms with Crippen molar-refractivity contribution < 1.29 is 19.1 Å². The topological polar surface area (TPSA) is 55.8 Å². The minimum atomic E-state index is -0.307. The Balaban J connectivity index is 1.59. The van der Waals surface area contributed by atoms with Gasteiger partial charge in [-0.25, -0.2) is 0 Å². The van der Waals surface area contributed by atoms with Crippen LogP contribution >= 0.6 is 33.2 Å². The number of carbonyl (C=O) groups is 2. The van der Waals surface area contributed by atoms with Gasteiger partial charge in [-0.2, -0.15) is 0 Å². The third-order valence-electron chi connectivity index (χ3n) is 4.79. The van der Waals surface area contributed by atoms with Crippen LogP contribution in [-0.2, 0) is 20.7 Å². The second-order valence-electron chi connectivity index (χ2n) is 7.11. The van der Waals surface area contributed by atoms with Gasteiger partial charge in [0, 0.05) is 31.0 Å². The molecule has 2 rings (SSSR count). The summed E-state index contributed by atoms with van der Waals surface area (Å²) in [6, 6.07) is 5.28. The number of hydrogen-bond donors (Lipinski definition) is 0. The van der Waals surface area contributed by atoms with Crippen molar-refractivity contribution in [2.75, 3.05) is 33.1 Å². The van der Waals surface area contributed by atoms with Gasteiger partial charge < -0.3 is 14.4 Å². The minimum Gasteiger partial charge on any atom is -0.492 e. The van der Waals surface area contributed by atoms with Crippen molar-refractivity contribution in [3.8, 4) is 5.75 Å². The number of unbranched alkanes of at least 4 members (excludes halogenated alkanes) is 1. The molecule has 1 fully saturated rings. The maximum Gasteiger partial charge on any atom is 0.309 e. The van der Waals surface area contributed by atoms with Crippen molar-refractivity contribution in [3.63, 3.8) is 0 Å². The van der Waals surface area contributed by atoms with Crippen molar-refractivity contribution in [2.45, 2.75) is 50.2 Å². The molecule has 1 saturated heterocycles. The van der Waals surface area contributed by atoms with E-state index in [1.54, 1.807) is 23.1 Å². The summed E-state index contributed by atoms with van der Waals surface area (Å²) in [5.41, 5.74) is 0.782. The normalized spacial score (nSPS) is 15.9. The van der Waals surface area contributed by atoms with Gasteiger partial charge in [0.15, 0.2) is 0 Å². The number of esters is 1. The average Bonchev–Trinajstić information content (AvgIpc) is 3.23. The van der Waals surface area contributed by atoms with Gasteiger partial charge in [-0.05, 0) is 43.4 Å². The largest absolute Gasteiger partial charge is 0.492 e. The Morgan fingerprint density at radius 3 is 2.79 bits per heavy atom. The fourth-order valence-corrected chi connectivity index (χ4v) is 6.31. The number of benzene rings is 1. The van der Waals surface area contributed by atoms with Crippen LogP contribution in [0.4, 0.5) is 0 Å². The number of methoxy groups -OCH3 is 1. The Morgan fingerprint density at radius 1 is 1.28 bits per heavy atom. The van der Waals surface area contributed by atoms with E-state index in [9.17, 15) is 9.59 Å². The Hall–Kier alpha value is -1.05. The molecule has 0 saturated carbocycles. The van der Waals surface area contributed by atoms with Crippen molar-refractivity contribution in [2.24, 2.45) is 0 Å². The lowest BCUT2D eigenvalue weighted by atomic mass is 10.1. The highest BCUT2D eigenvalue weighted by atomic mass is 35.5. The van der Waals surface area contributed by atoms with E-state index in [4.69, 9.17) is 16.3 Å². The van der Waals surface area contributed by atoms with E-state index < -0.39 is 0 Å². The lowest BCUT2D eigenvalue weighted by Crippen LogP contribution is -2.28. The summed E-state index contributed by atoms with van der Waals surface area (Å²) in [6.45, 7) is 1.14. The second-order valence-corrected chi connectivity index (χ2v) is 10.3. The standard InChI is InChI=1S/C21H30ClNO4S2/c1-23(20(24)7-4-3-6-17-10-13-28-29-17)11-5-12-27-19-9-8-16(14-18(19)22)15-21(25)26-2/h8-9,14,17H,3-7,10-13,15H2,1-2H3. The Kier molecular flexibility index (Phi) is 11.1. The van der Waals surface area contributed by atoms with Gasteiger partial charge in [-0.15, -0.1) is 0 Å². The van der Waals surface area contributed by atoms with E-state index in [0.29, 0.717) is 30.3 Å². The van der Waals surface area contributed by atoms with E-state index in [1.165, 1.54) is 25.7 Å². The van der Waals surface area contributed by atoms with Gasteiger partial charge in [-0.1, -0.05) is 45.7 Å². The highest BCUT2D eigenvalue weighted by Crippen LogP contribution is 2.39. The summed E-state index contributed by atoms with van der Waals surface area (Å²) < 4.78 is 10.4. The summed E-state index contributed by atoms with van der Waals surface area (Å²) in [7, 11) is 7.18. The number of hydrogen-bond acceptors (Lipinski definition) is 6. The SMILES string of the molecule is COC(=O)Cc1ccc(OCCCN(C)C(=O)CCCCC2CCSS2)c(Cl)c1. The molecule has 0 aliphatic carbocycles. The van der Waals surface area contributed by atoms with E-state index in [0.717, 1.165) is 30.1 Å². The van der Waals surface area contributed by atoms with Crippen molar-refractivity contribution >= 4 is 45.1 Å². The molecule has 1 heterocycles. The molecule has 1 aliphatic heterocycles. The lowest BCUT2D eigenvalue weighted by Gasteiger charge is -2.17. The van der Waals surface area contributed by atoms with Crippen LogP contribution in [-0.4, -0.2) is 55.1 Å². The van der Waals surface area contributed by atoms with Crippen LogP contribution in [0.1, 0.15) is 44.1 Å². The number of amides is 1. The van der Waals surface area contributed by atoms with Crippen LogP contribution in [0, 0.1) is 0 Å². The zero-order valence-electron chi connectivity index (χ0n) is 17.2. The summed E-state index contributed by atoms with van der Waals surface area (Å²) in [6.07, 6.45) is 6.17.